The van der Waals surface area contributed by atoms with Crippen LogP contribution in [0.15, 0.2) is 52.9 Å². The van der Waals surface area contributed by atoms with Crippen LogP contribution in [0.5, 0.6) is 0 Å². The molecular formula is C14H8ClFO. The molecule has 84 valence electrons. The summed E-state index contributed by atoms with van der Waals surface area (Å²) in [5.41, 5.74) is 1.11. The summed E-state index contributed by atoms with van der Waals surface area (Å²) in [5.74, 6) is 0.189. The second-order valence-corrected chi connectivity index (χ2v) is 4.15. The lowest BCUT2D eigenvalue weighted by atomic mass is 10.1. The minimum atomic E-state index is -0.303. The quantitative estimate of drug-likeness (QED) is 0.596. The van der Waals surface area contributed by atoms with Crippen molar-refractivity contribution >= 4 is 22.6 Å². The van der Waals surface area contributed by atoms with E-state index in [1.807, 2.05) is 6.07 Å². The van der Waals surface area contributed by atoms with E-state index in [0.29, 0.717) is 21.9 Å². The molecule has 2 aromatic carbocycles. The maximum absolute atomic E-state index is 13.6. The van der Waals surface area contributed by atoms with Crippen molar-refractivity contribution in [3.63, 3.8) is 0 Å². The third kappa shape index (κ3) is 1.71. The van der Waals surface area contributed by atoms with Crippen LogP contribution in [0, 0.1) is 5.82 Å². The molecule has 0 saturated carbocycles. The summed E-state index contributed by atoms with van der Waals surface area (Å²) < 4.78 is 19.2. The number of hydrogen-bond acceptors (Lipinski definition) is 1. The molecule has 1 aromatic heterocycles. The van der Waals surface area contributed by atoms with Crippen molar-refractivity contribution in [2.45, 2.75) is 0 Å². The molecule has 0 atom stereocenters. The number of rotatable bonds is 1. The highest BCUT2D eigenvalue weighted by molar-refractivity contribution is 6.35. The molecule has 3 aromatic rings. The van der Waals surface area contributed by atoms with Gasteiger partial charge in [0.05, 0.1) is 10.6 Å². The first-order valence-corrected chi connectivity index (χ1v) is 5.56. The monoisotopic (exact) mass is 246 g/mol. The summed E-state index contributed by atoms with van der Waals surface area (Å²) in [6.07, 6.45) is 0. The Bertz CT molecular complexity index is 688. The highest BCUT2D eigenvalue weighted by Gasteiger charge is 2.11. The summed E-state index contributed by atoms with van der Waals surface area (Å²) in [6, 6.07) is 13.7. The molecule has 1 heterocycles. The predicted octanol–water partition coefficient (Wildman–Crippen LogP) is 4.89. The lowest BCUT2D eigenvalue weighted by Crippen LogP contribution is -1.79. The van der Waals surface area contributed by atoms with E-state index < -0.39 is 0 Å². The van der Waals surface area contributed by atoms with Crippen LogP contribution >= 0.6 is 11.6 Å². The van der Waals surface area contributed by atoms with Crippen molar-refractivity contribution in [3.8, 4) is 11.3 Å². The number of halogens is 2. The number of benzene rings is 2. The first-order valence-electron chi connectivity index (χ1n) is 5.18. The van der Waals surface area contributed by atoms with E-state index >= 15 is 0 Å². The SMILES string of the molecule is Fc1ccccc1-c1cc2c(Cl)cccc2o1. The largest absolute Gasteiger partial charge is 0.456 e. The second-order valence-electron chi connectivity index (χ2n) is 3.74. The van der Waals surface area contributed by atoms with E-state index in [0.717, 1.165) is 5.39 Å². The minimum absolute atomic E-state index is 0.303. The van der Waals surface area contributed by atoms with E-state index in [-0.39, 0.29) is 5.82 Å². The average Bonchev–Trinajstić information content (AvgIpc) is 2.75. The molecule has 0 spiro atoms. The highest BCUT2D eigenvalue weighted by Crippen LogP contribution is 2.32. The topological polar surface area (TPSA) is 13.1 Å². The Morgan fingerprint density at radius 3 is 2.59 bits per heavy atom. The van der Waals surface area contributed by atoms with Crippen molar-refractivity contribution in [1.29, 1.82) is 0 Å². The normalized spacial score (nSPS) is 10.9. The van der Waals surface area contributed by atoms with Gasteiger partial charge in [-0.1, -0.05) is 29.8 Å². The van der Waals surface area contributed by atoms with Gasteiger partial charge in [0.25, 0.3) is 0 Å². The van der Waals surface area contributed by atoms with Gasteiger partial charge in [-0.2, -0.15) is 0 Å². The average molecular weight is 247 g/mol. The predicted molar refractivity (Wildman–Crippen MR) is 66.6 cm³/mol. The van der Waals surface area contributed by atoms with Crippen molar-refractivity contribution in [2.24, 2.45) is 0 Å². The van der Waals surface area contributed by atoms with E-state index in [1.54, 1.807) is 36.4 Å². The van der Waals surface area contributed by atoms with Crippen LogP contribution < -0.4 is 0 Å². The molecule has 0 bridgehead atoms. The summed E-state index contributed by atoms with van der Waals surface area (Å²) in [5, 5.41) is 1.40. The van der Waals surface area contributed by atoms with Gasteiger partial charge >= 0.3 is 0 Å². The van der Waals surface area contributed by atoms with Gasteiger partial charge in [-0.05, 0) is 30.3 Å². The van der Waals surface area contributed by atoms with Gasteiger partial charge in [0.2, 0.25) is 0 Å². The third-order valence-electron chi connectivity index (χ3n) is 2.65. The van der Waals surface area contributed by atoms with Gasteiger partial charge in [0, 0.05) is 5.39 Å². The van der Waals surface area contributed by atoms with E-state index in [4.69, 9.17) is 16.0 Å². The Morgan fingerprint density at radius 2 is 1.82 bits per heavy atom. The molecule has 3 rings (SSSR count). The zero-order chi connectivity index (χ0) is 11.8. The molecule has 3 heteroatoms. The van der Waals surface area contributed by atoms with E-state index in [2.05, 4.69) is 0 Å². The lowest BCUT2D eigenvalue weighted by Gasteiger charge is -1.96. The van der Waals surface area contributed by atoms with Gasteiger partial charge in [0.15, 0.2) is 0 Å². The minimum Gasteiger partial charge on any atom is -0.456 e. The Morgan fingerprint density at radius 1 is 1.00 bits per heavy atom. The fourth-order valence-electron chi connectivity index (χ4n) is 1.82. The molecule has 0 unspecified atom stereocenters. The van der Waals surface area contributed by atoms with Crippen molar-refractivity contribution in [2.75, 3.05) is 0 Å². The van der Waals surface area contributed by atoms with Crippen LogP contribution in [0.2, 0.25) is 5.02 Å². The summed E-state index contributed by atoms with van der Waals surface area (Å²) in [7, 11) is 0. The molecule has 17 heavy (non-hydrogen) atoms. The van der Waals surface area contributed by atoms with E-state index in [9.17, 15) is 4.39 Å². The molecule has 0 aliphatic carbocycles. The maximum atomic E-state index is 13.6. The van der Waals surface area contributed by atoms with Crippen LogP contribution in [0.25, 0.3) is 22.3 Å². The van der Waals surface area contributed by atoms with E-state index in [1.165, 1.54) is 6.07 Å². The molecule has 0 amide bonds. The van der Waals surface area contributed by atoms with Gasteiger partial charge in [0.1, 0.15) is 17.2 Å². The Balaban J connectivity index is 2.26. The Kier molecular flexibility index (Phi) is 2.37. The first-order chi connectivity index (χ1) is 8.25. The molecule has 0 N–H and O–H groups in total. The molecule has 0 radical (unpaired) electrons. The Labute approximate surface area is 102 Å². The standard InChI is InChI=1S/C14H8ClFO/c15-11-5-3-7-13-10(11)8-14(17-13)9-4-1-2-6-12(9)16/h1-8H. The zero-order valence-electron chi connectivity index (χ0n) is 8.78. The number of hydrogen-bond donors (Lipinski definition) is 0. The van der Waals surface area contributed by atoms with Gasteiger partial charge in [-0.25, -0.2) is 4.39 Å². The summed E-state index contributed by atoms with van der Waals surface area (Å²) >= 11 is 6.04. The summed E-state index contributed by atoms with van der Waals surface area (Å²) in [4.78, 5) is 0. The van der Waals surface area contributed by atoms with Crippen LogP contribution in [0.4, 0.5) is 4.39 Å². The van der Waals surface area contributed by atoms with Crippen molar-refractivity contribution in [1.82, 2.24) is 0 Å². The number of fused-ring (bicyclic) bond motifs is 1. The molecule has 0 saturated heterocycles. The zero-order valence-corrected chi connectivity index (χ0v) is 9.54. The van der Waals surface area contributed by atoms with Gasteiger partial charge < -0.3 is 4.42 Å². The van der Waals surface area contributed by atoms with Gasteiger partial charge in [-0.15, -0.1) is 0 Å². The van der Waals surface area contributed by atoms with Crippen LogP contribution in [-0.2, 0) is 0 Å². The summed E-state index contributed by atoms with van der Waals surface area (Å²) in [6.45, 7) is 0. The molecule has 1 nitrogen and oxygen atoms in total. The fourth-order valence-corrected chi connectivity index (χ4v) is 2.04. The maximum Gasteiger partial charge on any atom is 0.138 e. The van der Waals surface area contributed by atoms with Crippen molar-refractivity contribution < 1.29 is 8.81 Å². The number of furan rings is 1. The fraction of sp³-hybridized carbons (Fsp3) is 0. The van der Waals surface area contributed by atoms with Crippen LogP contribution in [-0.4, -0.2) is 0 Å². The molecule has 0 aliphatic rings. The smallest absolute Gasteiger partial charge is 0.138 e. The highest BCUT2D eigenvalue weighted by atomic mass is 35.5. The lowest BCUT2D eigenvalue weighted by molar-refractivity contribution is 0.601. The van der Waals surface area contributed by atoms with Crippen molar-refractivity contribution in [3.05, 3.63) is 59.4 Å². The van der Waals surface area contributed by atoms with Crippen LogP contribution in [0.1, 0.15) is 0 Å². The Hall–Kier alpha value is -1.80. The van der Waals surface area contributed by atoms with Gasteiger partial charge in [-0.3, -0.25) is 0 Å². The molecule has 0 aliphatic heterocycles. The second kappa shape index (κ2) is 3.90. The first kappa shape index (κ1) is 10.4. The third-order valence-corrected chi connectivity index (χ3v) is 2.98. The molecular weight excluding hydrogens is 239 g/mol. The van der Waals surface area contributed by atoms with Crippen LogP contribution in [0.3, 0.4) is 0 Å². The molecule has 0 fully saturated rings.